The van der Waals surface area contributed by atoms with Crippen molar-refractivity contribution in [1.82, 2.24) is 4.90 Å². The second kappa shape index (κ2) is 7.33. The van der Waals surface area contributed by atoms with E-state index in [4.69, 9.17) is 4.74 Å². The lowest BCUT2D eigenvalue weighted by Gasteiger charge is -2.40. The average molecular weight is 313 g/mol. The van der Waals surface area contributed by atoms with Crippen LogP contribution in [0.15, 0.2) is 42.5 Å². The molecule has 124 valence electrons. The van der Waals surface area contributed by atoms with Gasteiger partial charge in [0.2, 0.25) is 0 Å². The molecule has 0 amide bonds. The predicted molar refractivity (Wildman–Crippen MR) is 94.9 cm³/mol. The van der Waals surface area contributed by atoms with E-state index in [1.165, 1.54) is 24.6 Å². The maximum absolute atomic E-state index is 10.3. The molecule has 1 heterocycles. The van der Waals surface area contributed by atoms with Crippen molar-refractivity contribution in [2.45, 2.75) is 51.3 Å². The molecule has 1 fully saturated rings. The number of aliphatic hydroxyl groups excluding tert-OH is 1. The summed E-state index contributed by atoms with van der Waals surface area (Å²) in [4.78, 5) is 2.41. The first kappa shape index (κ1) is 16.3. The second-order valence-corrected chi connectivity index (χ2v) is 6.80. The van der Waals surface area contributed by atoms with Crippen LogP contribution in [0.3, 0.4) is 0 Å². The Morgan fingerprint density at radius 3 is 2.52 bits per heavy atom. The first-order valence-corrected chi connectivity index (χ1v) is 8.69. The monoisotopic (exact) mass is 313 g/mol. The lowest BCUT2D eigenvalue weighted by Crippen LogP contribution is -2.48. The van der Waals surface area contributed by atoms with Crippen LogP contribution in [-0.2, 0) is 0 Å². The van der Waals surface area contributed by atoms with Gasteiger partial charge in [0, 0.05) is 18.6 Å². The zero-order chi connectivity index (χ0) is 16.2. The number of hydrogen-bond donors (Lipinski definition) is 1. The lowest BCUT2D eigenvalue weighted by molar-refractivity contribution is 0.0209. The molecule has 0 saturated carbocycles. The normalized spacial score (nSPS) is 23.8. The molecular formula is C20H27NO2. The van der Waals surface area contributed by atoms with Gasteiger partial charge in [-0.3, -0.25) is 4.90 Å². The maximum atomic E-state index is 10.3. The molecule has 0 unspecified atom stereocenters. The van der Waals surface area contributed by atoms with Gasteiger partial charge in [-0.15, -0.1) is 0 Å². The van der Waals surface area contributed by atoms with E-state index in [2.05, 4.69) is 36.9 Å². The van der Waals surface area contributed by atoms with Gasteiger partial charge >= 0.3 is 0 Å². The Morgan fingerprint density at radius 1 is 1.09 bits per heavy atom. The molecule has 2 aromatic rings. The number of hydrogen-bond acceptors (Lipinski definition) is 3. The van der Waals surface area contributed by atoms with Crippen LogP contribution in [0.4, 0.5) is 0 Å². The fraction of sp³-hybridized carbons (Fsp3) is 0.500. The summed E-state index contributed by atoms with van der Waals surface area (Å²) >= 11 is 0. The van der Waals surface area contributed by atoms with Gasteiger partial charge in [-0.1, -0.05) is 36.8 Å². The quantitative estimate of drug-likeness (QED) is 0.910. The summed E-state index contributed by atoms with van der Waals surface area (Å²) < 4.78 is 5.81. The molecule has 1 aliphatic heterocycles. The molecule has 0 spiro atoms. The van der Waals surface area contributed by atoms with Crippen LogP contribution in [0.2, 0.25) is 0 Å². The molecule has 3 heteroatoms. The van der Waals surface area contributed by atoms with E-state index >= 15 is 0 Å². The summed E-state index contributed by atoms with van der Waals surface area (Å²) in [5.41, 5.74) is 0. The molecule has 3 rings (SSSR count). The molecule has 0 bridgehead atoms. The van der Waals surface area contributed by atoms with Crippen molar-refractivity contribution in [1.29, 1.82) is 0 Å². The van der Waals surface area contributed by atoms with Gasteiger partial charge in [-0.25, -0.2) is 0 Å². The summed E-state index contributed by atoms with van der Waals surface area (Å²) in [6.45, 7) is 5.54. The van der Waals surface area contributed by atoms with Crippen LogP contribution in [0, 0.1) is 0 Å². The van der Waals surface area contributed by atoms with E-state index in [1.54, 1.807) is 0 Å². The highest BCUT2D eigenvalue weighted by Gasteiger charge is 2.26. The van der Waals surface area contributed by atoms with Crippen LogP contribution in [0.1, 0.15) is 33.1 Å². The molecule has 1 aliphatic rings. The fourth-order valence-corrected chi connectivity index (χ4v) is 3.58. The summed E-state index contributed by atoms with van der Waals surface area (Å²) in [7, 11) is 0. The molecule has 0 radical (unpaired) electrons. The zero-order valence-corrected chi connectivity index (χ0v) is 14.1. The SMILES string of the molecule is C[C@@H]1CCC[C@H](C)N1C[C@@H](O)COc1ccc2ccccc2c1. The van der Waals surface area contributed by atoms with Gasteiger partial charge in [0.05, 0.1) is 0 Å². The van der Waals surface area contributed by atoms with Crippen LogP contribution in [-0.4, -0.2) is 41.3 Å². The number of aliphatic hydroxyl groups is 1. The van der Waals surface area contributed by atoms with Crippen molar-refractivity contribution in [3.05, 3.63) is 42.5 Å². The number of rotatable bonds is 5. The third-order valence-corrected chi connectivity index (χ3v) is 4.96. The number of piperidine rings is 1. The molecule has 1 N–H and O–H groups in total. The first-order chi connectivity index (χ1) is 11.1. The van der Waals surface area contributed by atoms with Crippen LogP contribution >= 0.6 is 0 Å². The minimum atomic E-state index is -0.454. The molecule has 0 aliphatic carbocycles. The minimum Gasteiger partial charge on any atom is -0.491 e. The number of likely N-dealkylation sites (tertiary alicyclic amines) is 1. The third-order valence-electron chi connectivity index (χ3n) is 4.96. The average Bonchev–Trinajstić information content (AvgIpc) is 2.56. The molecular weight excluding hydrogens is 286 g/mol. The van der Waals surface area contributed by atoms with Crippen molar-refractivity contribution in [3.8, 4) is 5.75 Å². The Hall–Kier alpha value is -1.58. The Bertz CT molecular complexity index is 632. The number of benzene rings is 2. The Balaban J connectivity index is 1.56. The largest absolute Gasteiger partial charge is 0.491 e. The van der Waals surface area contributed by atoms with Gasteiger partial charge < -0.3 is 9.84 Å². The van der Waals surface area contributed by atoms with Crippen molar-refractivity contribution in [3.63, 3.8) is 0 Å². The number of ether oxygens (including phenoxy) is 1. The zero-order valence-electron chi connectivity index (χ0n) is 14.1. The number of β-amino-alcohol motifs (C(OH)–C–C–N with tert-alkyl or cyclic N) is 1. The maximum Gasteiger partial charge on any atom is 0.120 e. The topological polar surface area (TPSA) is 32.7 Å². The lowest BCUT2D eigenvalue weighted by atomic mass is 9.97. The van der Waals surface area contributed by atoms with Crippen LogP contribution in [0.25, 0.3) is 10.8 Å². The second-order valence-electron chi connectivity index (χ2n) is 6.80. The fourth-order valence-electron chi connectivity index (χ4n) is 3.58. The Kier molecular flexibility index (Phi) is 5.19. The van der Waals surface area contributed by atoms with Crippen molar-refractivity contribution < 1.29 is 9.84 Å². The summed E-state index contributed by atoms with van der Waals surface area (Å²) in [6, 6.07) is 15.4. The van der Waals surface area contributed by atoms with Gasteiger partial charge in [-0.05, 0) is 49.6 Å². The van der Waals surface area contributed by atoms with E-state index in [0.29, 0.717) is 25.2 Å². The Morgan fingerprint density at radius 2 is 1.78 bits per heavy atom. The van der Waals surface area contributed by atoms with Crippen LogP contribution in [0.5, 0.6) is 5.75 Å². The smallest absolute Gasteiger partial charge is 0.120 e. The summed E-state index contributed by atoms with van der Waals surface area (Å²) in [5, 5.41) is 12.7. The first-order valence-electron chi connectivity index (χ1n) is 8.69. The van der Waals surface area contributed by atoms with E-state index in [0.717, 1.165) is 11.1 Å². The van der Waals surface area contributed by atoms with E-state index < -0.39 is 6.10 Å². The molecule has 1 saturated heterocycles. The highest BCUT2D eigenvalue weighted by molar-refractivity contribution is 5.83. The molecule has 23 heavy (non-hydrogen) atoms. The molecule has 2 aromatic carbocycles. The molecule has 3 nitrogen and oxygen atoms in total. The minimum absolute atomic E-state index is 0.342. The van der Waals surface area contributed by atoms with E-state index in [-0.39, 0.29) is 0 Å². The predicted octanol–water partition coefficient (Wildman–Crippen LogP) is 3.84. The molecule has 3 atom stereocenters. The van der Waals surface area contributed by atoms with Gasteiger partial charge in [0.15, 0.2) is 0 Å². The van der Waals surface area contributed by atoms with Crippen molar-refractivity contribution in [2.24, 2.45) is 0 Å². The number of fused-ring (bicyclic) bond motifs is 1. The van der Waals surface area contributed by atoms with E-state index in [9.17, 15) is 5.11 Å². The number of nitrogens with zero attached hydrogens (tertiary/aromatic N) is 1. The van der Waals surface area contributed by atoms with Gasteiger partial charge in [0.1, 0.15) is 18.5 Å². The van der Waals surface area contributed by atoms with E-state index in [1.807, 2.05) is 24.3 Å². The van der Waals surface area contributed by atoms with Crippen molar-refractivity contribution >= 4 is 10.8 Å². The van der Waals surface area contributed by atoms with Gasteiger partial charge in [-0.2, -0.15) is 0 Å². The Labute approximate surface area is 138 Å². The van der Waals surface area contributed by atoms with Crippen LogP contribution < -0.4 is 4.74 Å². The summed E-state index contributed by atoms with van der Waals surface area (Å²) in [5.74, 6) is 0.822. The third kappa shape index (κ3) is 4.04. The van der Waals surface area contributed by atoms with Crippen molar-refractivity contribution in [2.75, 3.05) is 13.2 Å². The standard InChI is InChI=1S/C20H27NO2/c1-15-6-5-7-16(2)21(15)13-19(22)14-23-20-11-10-17-8-3-4-9-18(17)12-20/h3-4,8-12,15-16,19,22H,5-7,13-14H2,1-2H3/t15-,16+,19-/m1/s1. The highest BCUT2D eigenvalue weighted by atomic mass is 16.5. The summed E-state index contributed by atoms with van der Waals surface area (Å²) in [6.07, 6.45) is 3.29. The molecule has 0 aromatic heterocycles. The highest BCUT2D eigenvalue weighted by Crippen LogP contribution is 2.23. The van der Waals surface area contributed by atoms with Gasteiger partial charge in [0.25, 0.3) is 0 Å².